The average molecular weight is 651 g/mol. The van der Waals surface area contributed by atoms with Crippen LogP contribution < -0.4 is 0 Å². The third-order valence-corrected chi connectivity index (χ3v) is 2.31. The summed E-state index contributed by atoms with van der Waals surface area (Å²) < 4.78 is 1.46. The molecule has 60 valence electrons. The van der Waals surface area contributed by atoms with Gasteiger partial charge in [-0.3, -0.25) is 0 Å². The Morgan fingerprint density at radius 2 is 1.60 bits per heavy atom. The van der Waals surface area contributed by atoms with Crippen LogP contribution >= 0.6 is 0 Å². The normalized spacial score (nSPS) is 8.60. The van der Waals surface area contributed by atoms with Crippen molar-refractivity contribution < 1.29 is 61.5 Å². The second kappa shape index (κ2) is 8.99. The maximum Gasteiger partial charge on any atom is 0 e. The maximum absolute atomic E-state index is 2.29. The first-order valence-corrected chi connectivity index (χ1v) is 4.25. The fourth-order valence-electron chi connectivity index (χ4n) is 0.364. The van der Waals surface area contributed by atoms with Crippen molar-refractivity contribution in [1.82, 2.24) is 4.90 Å². The zero-order valence-corrected chi connectivity index (χ0v) is 15.5. The molecule has 0 saturated heterocycles. The third kappa shape index (κ3) is 8.00. The quantitative estimate of drug-likeness (QED) is 0.432. The molecule has 1 nitrogen and oxygen atoms in total. The van der Waals surface area contributed by atoms with E-state index >= 15 is 0 Å². The molecule has 0 saturated carbocycles. The van der Waals surface area contributed by atoms with Crippen molar-refractivity contribution in [3.8, 4) is 0 Å². The van der Waals surface area contributed by atoms with E-state index in [2.05, 4.69) is 32.7 Å². The molecule has 10 heavy (non-hydrogen) atoms. The monoisotopic (exact) mass is 651 g/mol. The molecule has 0 rings (SSSR count). The minimum atomic E-state index is 0. The minimum Gasteiger partial charge on any atom is 0 e. The van der Waals surface area contributed by atoms with Gasteiger partial charge in [-0.1, -0.05) is 0 Å². The molecule has 0 aromatic rings. The molecule has 0 radical (unpaired) electrons. The summed E-state index contributed by atoms with van der Waals surface area (Å²) in [7, 11) is 2.13. The second-order valence-electron chi connectivity index (χ2n) is 2.22. The molecule has 0 aliphatic rings. The Bertz CT molecular complexity index is 93.0. The van der Waals surface area contributed by atoms with Crippen molar-refractivity contribution >= 4 is 4.02 Å². The smallest absolute Gasteiger partial charge is 0 e. The Kier molecular flexibility index (Phi) is 16.0. The van der Waals surface area contributed by atoms with Crippen LogP contribution in [0.1, 0.15) is 20.8 Å². The Morgan fingerprint density at radius 3 is 1.60 bits per heavy atom. The molecule has 0 fully saturated rings. The number of rotatable bonds is 2. The van der Waals surface area contributed by atoms with Crippen molar-refractivity contribution in [1.29, 1.82) is 0 Å². The molecule has 0 heterocycles. The van der Waals surface area contributed by atoms with E-state index in [0.717, 1.165) is 0 Å². The first kappa shape index (κ1) is 17.8. The van der Waals surface area contributed by atoms with Crippen LogP contribution in [0.4, 0.5) is 0 Å². The van der Waals surface area contributed by atoms with Gasteiger partial charge in [0.2, 0.25) is 0 Å². The summed E-state index contributed by atoms with van der Waals surface area (Å²) >= 11 is 1.57. The summed E-state index contributed by atoms with van der Waals surface area (Å²) in [6.07, 6.45) is 0. The predicted octanol–water partition coefficient (Wildman–Crippen LogP) is 1.02. The van der Waals surface area contributed by atoms with Gasteiger partial charge in [0.15, 0.2) is 0 Å². The largest absolute Gasteiger partial charge is 0 e. The van der Waals surface area contributed by atoms with E-state index in [4.69, 9.17) is 0 Å². The van der Waals surface area contributed by atoms with E-state index in [1.165, 1.54) is 4.02 Å². The minimum absolute atomic E-state index is 0. The van der Waals surface area contributed by atoms with E-state index in [9.17, 15) is 0 Å². The zero-order valence-electron chi connectivity index (χ0n) is 6.75. The van der Waals surface area contributed by atoms with Gasteiger partial charge in [0.05, 0.1) is 0 Å². The van der Waals surface area contributed by atoms with Crippen LogP contribution in [0.5, 0.6) is 0 Å². The average Bonchev–Trinajstić information content (AvgIpc) is 1.64. The summed E-state index contributed by atoms with van der Waals surface area (Å²) in [4.78, 5) is 2.29. The van der Waals surface area contributed by atoms with Crippen molar-refractivity contribution in [2.75, 3.05) is 7.05 Å². The van der Waals surface area contributed by atoms with Crippen molar-refractivity contribution in [2.45, 2.75) is 26.8 Å². The summed E-state index contributed by atoms with van der Waals surface area (Å²) in [6.45, 7) is 6.56. The van der Waals surface area contributed by atoms with Gasteiger partial charge in [-0.2, -0.15) is 0 Å². The molecule has 4 heteroatoms. The third-order valence-electron chi connectivity index (χ3n) is 1.27. The molecule has 0 atom stereocenters. The topological polar surface area (TPSA) is 3.24 Å². The van der Waals surface area contributed by atoms with Gasteiger partial charge in [-0.25, -0.2) is 0 Å². The SMILES string of the molecule is C[C](=[W])N(C)C(C)C.[W].[W]. The van der Waals surface area contributed by atoms with Crippen LogP contribution in [0, 0.1) is 0 Å². The van der Waals surface area contributed by atoms with E-state index in [1.54, 1.807) is 19.4 Å². The first-order valence-electron chi connectivity index (χ1n) is 2.79. The standard InChI is InChI=1S/C6H13N.3W/c1-5-7(4)6(2)3;;;/h6H,1-4H3;;;. The van der Waals surface area contributed by atoms with Crippen LogP contribution in [0.15, 0.2) is 0 Å². The van der Waals surface area contributed by atoms with Gasteiger partial charge in [0.1, 0.15) is 0 Å². The molecule has 0 aliphatic carbocycles. The van der Waals surface area contributed by atoms with Crippen LogP contribution in [-0.4, -0.2) is 22.0 Å². The molecule has 0 amide bonds. The number of hydrogen-bond acceptors (Lipinski definition) is 1. The van der Waals surface area contributed by atoms with E-state index in [1.807, 2.05) is 0 Å². The predicted molar refractivity (Wildman–Crippen MR) is 33.6 cm³/mol. The van der Waals surface area contributed by atoms with Crippen molar-refractivity contribution in [3.63, 3.8) is 0 Å². The first-order chi connectivity index (χ1) is 3.55. The molecular weight excluding hydrogens is 638 g/mol. The van der Waals surface area contributed by atoms with Gasteiger partial charge in [0, 0.05) is 42.1 Å². The summed E-state index contributed by atoms with van der Waals surface area (Å²) in [6, 6.07) is 0.660. The molecule has 0 bridgehead atoms. The van der Waals surface area contributed by atoms with Crippen LogP contribution in [0.25, 0.3) is 0 Å². The molecular formula is C6H13NW3. The number of hydrogen-bond donors (Lipinski definition) is 0. The van der Waals surface area contributed by atoms with Crippen molar-refractivity contribution in [3.05, 3.63) is 0 Å². The van der Waals surface area contributed by atoms with Gasteiger partial charge in [0.25, 0.3) is 0 Å². The second-order valence-corrected chi connectivity index (χ2v) is 4.35. The summed E-state index contributed by atoms with van der Waals surface area (Å²) in [5.41, 5.74) is 0. The molecule has 0 spiro atoms. The molecule has 0 aromatic carbocycles. The van der Waals surface area contributed by atoms with Crippen LogP contribution in [0.2, 0.25) is 0 Å². The van der Waals surface area contributed by atoms with Crippen molar-refractivity contribution in [2.24, 2.45) is 0 Å². The molecule has 0 aliphatic heterocycles. The van der Waals surface area contributed by atoms with Gasteiger partial charge in [-0.05, 0) is 0 Å². The Labute approximate surface area is 103 Å². The van der Waals surface area contributed by atoms with E-state index < -0.39 is 0 Å². The fourth-order valence-corrected chi connectivity index (χ4v) is 1.12. The summed E-state index contributed by atoms with van der Waals surface area (Å²) in [5, 5.41) is 0. The number of nitrogens with zero attached hydrogens (tertiary/aromatic N) is 1. The Balaban J connectivity index is -0.000000245. The van der Waals surface area contributed by atoms with Crippen LogP contribution in [0.3, 0.4) is 0 Å². The molecule has 0 aromatic heterocycles. The zero-order chi connectivity index (χ0) is 6.73. The summed E-state index contributed by atoms with van der Waals surface area (Å²) in [5.74, 6) is 0. The van der Waals surface area contributed by atoms with Gasteiger partial charge in [-0.15, -0.1) is 0 Å². The van der Waals surface area contributed by atoms with Crippen LogP contribution in [-0.2, 0) is 61.5 Å². The Morgan fingerprint density at radius 1 is 1.30 bits per heavy atom. The molecule has 0 unspecified atom stereocenters. The molecule has 0 N–H and O–H groups in total. The van der Waals surface area contributed by atoms with E-state index in [-0.39, 0.29) is 42.1 Å². The fraction of sp³-hybridized carbons (Fsp3) is 0.833. The Hall–Kier alpha value is 1.89. The van der Waals surface area contributed by atoms with E-state index in [0.29, 0.717) is 6.04 Å². The van der Waals surface area contributed by atoms with Gasteiger partial charge < -0.3 is 0 Å². The maximum atomic E-state index is 2.29. The van der Waals surface area contributed by atoms with Gasteiger partial charge >= 0.3 is 62.1 Å².